The van der Waals surface area contributed by atoms with Crippen molar-refractivity contribution < 1.29 is 4.79 Å². The first-order chi connectivity index (χ1) is 9.63. The number of carbonyl (C=O) groups excluding carboxylic acids is 1. The lowest BCUT2D eigenvalue weighted by atomic mass is 10.0. The van der Waals surface area contributed by atoms with Gasteiger partial charge in [-0.1, -0.05) is 47.5 Å². The number of hydrogen-bond donors (Lipinski definition) is 0. The lowest BCUT2D eigenvalue weighted by Gasteiger charge is -2.04. The van der Waals surface area contributed by atoms with Crippen molar-refractivity contribution >= 4 is 16.7 Å². The first-order valence-corrected chi connectivity index (χ1v) is 6.62. The number of aryl methyl sites for hydroxylation is 2. The van der Waals surface area contributed by atoms with Crippen LogP contribution in [0.2, 0.25) is 0 Å². The number of rotatable bonds is 2. The molecule has 0 fully saturated rings. The van der Waals surface area contributed by atoms with E-state index in [1.165, 1.54) is 5.56 Å². The van der Waals surface area contributed by atoms with E-state index < -0.39 is 0 Å². The molecule has 0 aliphatic carbocycles. The summed E-state index contributed by atoms with van der Waals surface area (Å²) in [5.41, 5.74) is 4.36. The molecule has 20 heavy (non-hydrogen) atoms. The lowest BCUT2D eigenvalue weighted by Crippen LogP contribution is -2.04. The summed E-state index contributed by atoms with van der Waals surface area (Å²) in [6.07, 6.45) is 0. The van der Waals surface area contributed by atoms with Crippen LogP contribution in [0.1, 0.15) is 27.2 Å². The van der Waals surface area contributed by atoms with Crippen LogP contribution in [0.4, 0.5) is 0 Å². The molecule has 2 aromatic carbocycles. The summed E-state index contributed by atoms with van der Waals surface area (Å²) < 4.78 is 0. The Morgan fingerprint density at radius 2 is 1.55 bits per heavy atom. The van der Waals surface area contributed by atoms with Crippen molar-refractivity contribution in [1.29, 1.82) is 0 Å². The molecule has 0 atom stereocenters. The van der Waals surface area contributed by atoms with Crippen LogP contribution in [-0.2, 0) is 0 Å². The van der Waals surface area contributed by atoms with E-state index in [-0.39, 0.29) is 5.78 Å². The molecule has 3 aromatic rings. The zero-order valence-electron chi connectivity index (χ0n) is 11.6. The molecule has 98 valence electrons. The molecule has 0 N–H and O–H groups in total. The Morgan fingerprint density at radius 3 is 2.30 bits per heavy atom. The van der Waals surface area contributed by atoms with Gasteiger partial charge in [-0.25, -0.2) is 4.98 Å². The second-order valence-electron chi connectivity index (χ2n) is 5.09. The van der Waals surface area contributed by atoms with Gasteiger partial charge in [-0.15, -0.1) is 0 Å². The quantitative estimate of drug-likeness (QED) is 0.650. The Labute approximate surface area is 118 Å². The predicted molar refractivity (Wildman–Crippen MR) is 81.1 cm³/mol. The minimum atomic E-state index is -0.0347. The third-order valence-corrected chi connectivity index (χ3v) is 3.39. The van der Waals surface area contributed by atoms with Crippen molar-refractivity contribution in [3.05, 3.63) is 77.0 Å². The van der Waals surface area contributed by atoms with Crippen LogP contribution in [0, 0.1) is 13.8 Å². The van der Waals surface area contributed by atoms with Gasteiger partial charge in [0.2, 0.25) is 5.78 Å². The summed E-state index contributed by atoms with van der Waals surface area (Å²) in [5, 5.41) is 1.06. The fraction of sp³-hybridized carbons (Fsp3) is 0.111. The van der Waals surface area contributed by atoms with Crippen molar-refractivity contribution in [2.75, 3.05) is 0 Å². The maximum atomic E-state index is 12.4. The van der Waals surface area contributed by atoms with E-state index >= 15 is 0 Å². The first-order valence-electron chi connectivity index (χ1n) is 6.62. The van der Waals surface area contributed by atoms with Crippen molar-refractivity contribution in [1.82, 2.24) is 4.98 Å². The van der Waals surface area contributed by atoms with Gasteiger partial charge in [0.1, 0.15) is 5.69 Å². The van der Waals surface area contributed by atoms with E-state index in [0.717, 1.165) is 16.5 Å². The standard InChI is InChI=1S/C18H15NO/c1-12-3-6-14(7-4-12)18(20)17-10-8-15-11-13(2)5-9-16(15)19-17/h3-11H,1-2H3. The Bertz CT molecular complexity index is 788. The zero-order chi connectivity index (χ0) is 14.1. The summed E-state index contributed by atoms with van der Waals surface area (Å²) in [7, 11) is 0. The van der Waals surface area contributed by atoms with Crippen LogP contribution >= 0.6 is 0 Å². The average Bonchev–Trinajstić information content (AvgIpc) is 2.47. The summed E-state index contributed by atoms with van der Waals surface area (Å²) in [4.78, 5) is 16.9. The highest BCUT2D eigenvalue weighted by molar-refractivity contribution is 6.08. The number of nitrogens with zero attached hydrogens (tertiary/aromatic N) is 1. The lowest BCUT2D eigenvalue weighted by molar-refractivity contribution is 0.103. The zero-order valence-corrected chi connectivity index (χ0v) is 11.6. The number of pyridine rings is 1. The van der Waals surface area contributed by atoms with Crippen LogP contribution in [0.3, 0.4) is 0 Å². The van der Waals surface area contributed by atoms with Gasteiger partial charge in [0.15, 0.2) is 0 Å². The predicted octanol–water partition coefficient (Wildman–Crippen LogP) is 4.08. The molecule has 0 aliphatic rings. The van der Waals surface area contributed by atoms with Crippen molar-refractivity contribution in [3.8, 4) is 0 Å². The monoisotopic (exact) mass is 261 g/mol. The Hall–Kier alpha value is -2.48. The fourth-order valence-electron chi connectivity index (χ4n) is 2.22. The van der Waals surface area contributed by atoms with E-state index in [1.807, 2.05) is 56.3 Å². The fourth-order valence-corrected chi connectivity index (χ4v) is 2.22. The largest absolute Gasteiger partial charge is 0.287 e. The van der Waals surface area contributed by atoms with Gasteiger partial charge < -0.3 is 0 Å². The minimum Gasteiger partial charge on any atom is -0.287 e. The summed E-state index contributed by atoms with van der Waals surface area (Å²) in [5.74, 6) is -0.0347. The molecule has 0 aliphatic heterocycles. The molecule has 0 spiro atoms. The Kier molecular flexibility index (Phi) is 3.07. The third-order valence-electron chi connectivity index (χ3n) is 3.39. The van der Waals surface area contributed by atoms with Gasteiger partial charge in [0, 0.05) is 10.9 Å². The highest BCUT2D eigenvalue weighted by atomic mass is 16.1. The molecule has 0 saturated heterocycles. The SMILES string of the molecule is Cc1ccc(C(=O)c2ccc3cc(C)ccc3n2)cc1. The van der Waals surface area contributed by atoms with E-state index in [1.54, 1.807) is 6.07 Å². The molecule has 0 amide bonds. The molecule has 0 unspecified atom stereocenters. The second-order valence-corrected chi connectivity index (χ2v) is 5.09. The molecular weight excluding hydrogens is 246 g/mol. The van der Waals surface area contributed by atoms with E-state index in [0.29, 0.717) is 11.3 Å². The van der Waals surface area contributed by atoms with Crippen LogP contribution in [0.25, 0.3) is 10.9 Å². The molecule has 0 saturated carbocycles. The van der Waals surface area contributed by atoms with Crippen molar-refractivity contribution in [3.63, 3.8) is 0 Å². The smallest absolute Gasteiger partial charge is 0.211 e. The Balaban J connectivity index is 2.03. The minimum absolute atomic E-state index is 0.0347. The van der Waals surface area contributed by atoms with Crippen molar-refractivity contribution in [2.24, 2.45) is 0 Å². The maximum Gasteiger partial charge on any atom is 0.211 e. The molecule has 1 heterocycles. The van der Waals surface area contributed by atoms with Crippen LogP contribution in [0.15, 0.2) is 54.6 Å². The topological polar surface area (TPSA) is 30.0 Å². The highest BCUT2D eigenvalue weighted by Crippen LogP contribution is 2.16. The van der Waals surface area contributed by atoms with Gasteiger partial charge in [-0.2, -0.15) is 0 Å². The molecule has 0 radical (unpaired) electrons. The van der Waals surface area contributed by atoms with Crippen LogP contribution in [0.5, 0.6) is 0 Å². The summed E-state index contributed by atoms with van der Waals surface area (Å²) in [6, 6.07) is 17.4. The van der Waals surface area contributed by atoms with E-state index in [9.17, 15) is 4.79 Å². The highest BCUT2D eigenvalue weighted by Gasteiger charge is 2.10. The molecule has 3 rings (SSSR count). The first kappa shape index (κ1) is 12.5. The number of ketones is 1. The van der Waals surface area contributed by atoms with Crippen molar-refractivity contribution in [2.45, 2.75) is 13.8 Å². The van der Waals surface area contributed by atoms with Gasteiger partial charge in [0.05, 0.1) is 5.52 Å². The van der Waals surface area contributed by atoms with Gasteiger partial charge in [-0.05, 0) is 32.0 Å². The number of aromatic nitrogens is 1. The van der Waals surface area contributed by atoms with Gasteiger partial charge >= 0.3 is 0 Å². The summed E-state index contributed by atoms with van der Waals surface area (Å²) in [6.45, 7) is 4.05. The molecular formula is C18H15NO. The maximum absolute atomic E-state index is 12.4. The molecule has 2 heteroatoms. The molecule has 1 aromatic heterocycles. The van der Waals surface area contributed by atoms with Crippen LogP contribution in [-0.4, -0.2) is 10.8 Å². The second kappa shape index (κ2) is 4.89. The van der Waals surface area contributed by atoms with Gasteiger partial charge in [-0.3, -0.25) is 4.79 Å². The van der Waals surface area contributed by atoms with E-state index in [2.05, 4.69) is 11.1 Å². The number of carbonyl (C=O) groups is 1. The summed E-state index contributed by atoms with van der Waals surface area (Å²) >= 11 is 0. The number of fused-ring (bicyclic) bond motifs is 1. The molecule has 2 nitrogen and oxygen atoms in total. The van der Waals surface area contributed by atoms with E-state index in [4.69, 9.17) is 0 Å². The van der Waals surface area contributed by atoms with Crippen LogP contribution < -0.4 is 0 Å². The number of benzene rings is 2. The number of hydrogen-bond acceptors (Lipinski definition) is 2. The Morgan fingerprint density at radius 1 is 0.850 bits per heavy atom. The average molecular weight is 261 g/mol. The van der Waals surface area contributed by atoms with Gasteiger partial charge in [0.25, 0.3) is 0 Å². The molecule has 0 bridgehead atoms. The normalized spacial score (nSPS) is 10.7. The third kappa shape index (κ3) is 2.32.